The molecule has 106 valence electrons. The lowest BCUT2D eigenvalue weighted by atomic mass is 9.95. The van der Waals surface area contributed by atoms with E-state index < -0.39 is 0 Å². The predicted octanol–water partition coefficient (Wildman–Crippen LogP) is 4.36. The first-order valence-electron chi connectivity index (χ1n) is 7.86. The van der Waals surface area contributed by atoms with Crippen molar-refractivity contribution in [2.24, 2.45) is 11.8 Å². The van der Waals surface area contributed by atoms with Crippen LogP contribution in [0.15, 0.2) is 37.4 Å². The van der Waals surface area contributed by atoms with Gasteiger partial charge in [-0.25, -0.2) is 0 Å². The third-order valence-corrected chi connectivity index (χ3v) is 4.44. The van der Waals surface area contributed by atoms with Gasteiger partial charge in [0.25, 0.3) is 0 Å². The zero-order valence-electron chi connectivity index (χ0n) is 12.9. The molecule has 0 heteroatoms. The average molecular weight is 274 g/mol. The first-order chi connectivity index (χ1) is 10.3. The molecule has 0 amide bonds. The maximum absolute atomic E-state index is 3.96. The van der Waals surface area contributed by atoms with E-state index in [2.05, 4.69) is 49.6 Å². The molecule has 0 nitrogen and oxygen atoms in total. The van der Waals surface area contributed by atoms with Crippen LogP contribution in [0.25, 0.3) is 35.1 Å². The summed E-state index contributed by atoms with van der Waals surface area (Å²) in [4.78, 5) is 0. The van der Waals surface area contributed by atoms with Crippen LogP contribution in [0.4, 0.5) is 0 Å². The van der Waals surface area contributed by atoms with Gasteiger partial charge >= 0.3 is 0 Å². The molecule has 2 aliphatic rings. The van der Waals surface area contributed by atoms with Crippen molar-refractivity contribution >= 4 is 35.1 Å². The third kappa shape index (κ3) is 2.15. The number of fused-ring (bicyclic) bond motifs is 4. The third-order valence-electron chi connectivity index (χ3n) is 4.44. The second kappa shape index (κ2) is 5.37. The molecule has 1 fully saturated rings. The van der Waals surface area contributed by atoms with E-state index in [0.29, 0.717) is 0 Å². The van der Waals surface area contributed by atoms with Crippen LogP contribution in [-0.4, -0.2) is 0 Å². The van der Waals surface area contributed by atoms with Gasteiger partial charge in [0.1, 0.15) is 0 Å². The van der Waals surface area contributed by atoms with E-state index in [1.807, 2.05) is 26.0 Å². The lowest BCUT2D eigenvalue weighted by Crippen LogP contribution is -2.28. The van der Waals surface area contributed by atoms with Gasteiger partial charge in [-0.05, 0) is 50.6 Å². The molecule has 0 N–H and O–H groups in total. The SMILES string of the molecule is C=Cc1ccc2c3c(ccc2c1C=C)=CC1CC1C=3.CC. The Balaban J connectivity index is 0.000000636. The number of hydrogen-bond donors (Lipinski definition) is 0. The molecule has 0 radical (unpaired) electrons. The second-order valence-corrected chi connectivity index (χ2v) is 5.54. The zero-order valence-corrected chi connectivity index (χ0v) is 12.9. The normalized spacial score (nSPS) is 20.9. The van der Waals surface area contributed by atoms with Crippen LogP contribution in [0.5, 0.6) is 0 Å². The summed E-state index contributed by atoms with van der Waals surface area (Å²) in [5.74, 6) is 1.58. The highest BCUT2D eigenvalue weighted by Crippen LogP contribution is 2.42. The van der Waals surface area contributed by atoms with Crippen LogP contribution in [0.1, 0.15) is 31.4 Å². The maximum Gasteiger partial charge on any atom is -0.00993 e. The molecule has 2 aromatic rings. The summed E-state index contributed by atoms with van der Waals surface area (Å²) in [6, 6.07) is 8.86. The summed E-state index contributed by atoms with van der Waals surface area (Å²) in [5.41, 5.74) is 2.35. The summed E-state index contributed by atoms with van der Waals surface area (Å²) >= 11 is 0. The van der Waals surface area contributed by atoms with Gasteiger partial charge in [-0.1, -0.05) is 75.6 Å². The molecule has 0 heterocycles. The standard InChI is InChI=1S/C19H16.C2H6/c1-3-12-5-7-18-17(16(12)4-2)8-6-13-9-14-10-15(14)11-19(13)18;1-2/h3-9,11,14-15H,1-2,10H2;1-2H3. The van der Waals surface area contributed by atoms with E-state index in [9.17, 15) is 0 Å². The van der Waals surface area contributed by atoms with Crippen molar-refractivity contribution in [1.29, 1.82) is 0 Å². The number of hydrogen-bond acceptors (Lipinski definition) is 0. The first kappa shape index (κ1) is 13.9. The molecule has 2 atom stereocenters. The molecule has 0 bridgehead atoms. The van der Waals surface area contributed by atoms with E-state index >= 15 is 0 Å². The molecule has 0 saturated heterocycles. The molecule has 0 aromatic heterocycles. The van der Waals surface area contributed by atoms with Crippen molar-refractivity contribution in [3.63, 3.8) is 0 Å². The molecular weight excluding hydrogens is 252 g/mol. The minimum absolute atomic E-state index is 0.782. The minimum atomic E-state index is 0.782. The van der Waals surface area contributed by atoms with E-state index in [0.717, 1.165) is 17.4 Å². The second-order valence-electron chi connectivity index (χ2n) is 5.54. The highest BCUT2D eigenvalue weighted by molar-refractivity contribution is 5.94. The predicted molar refractivity (Wildman–Crippen MR) is 95.3 cm³/mol. The molecule has 2 unspecified atom stereocenters. The first-order valence-corrected chi connectivity index (χ1v) is 7.86. The highest BCUT2D eigenvalue weighted by Gasteiger charge is 2.34. The van der Waals surface area contributed by atoms with Gasteiger partial charge in [-0.3, -0.25) is 0 Å². The van der Waals surface area contributed by atoms with Crippen molar-refractivity contribution < 1.29 is 0 Å². The van der Waals surface area contributed by atoms with Crippen LogP contribution in [0.2, 0.25) is 0 Å². The number of benzene rings is 2. The van der Waals surface area contributed by atoms with E-state index in [4.69, 9.17) is 0 Å². The van der Waals surface area contributed by atoms with E-state index in [-0.39, 0.29) is 0 Å². The minimum Gasteiger partial charge on any atom is -0.0984 e. The molecule has 4 rings (SSSR count). The van der Waals surface area contributed by atoms with Crippen LogP contribution in [0.3, 0.4) is 0 Å². The van der Waals surface area contributed by atoms with Gasteiger partial charge in [0.15, 0.2) is 0 Å². The van der Waals surface area contributed by atoms with Gasteiger partial charge < -0.3 is 0 Å². The Kier molecular flexibility index (Phi) is 3.55. The number of rotatable bonds is 2. The van der Waals surface area contributed by atoms with E-state index in [1.54, 1.807) is 0 Å². The monoisotopic (exact) mass is 274 g/mol. The van der Waals surface area contributed by atoms with Crippen LogP contribution in [0, 0.1) is 11.8 Å². The molecule has 21 heavy (non-hydrogen) atoms. The molecule has 0 spiro atoms. The van der Waals surface area contributed by atoms with Gasteiger partial charge in [0.2, 0.25) is 0 Å². The Morgan fingerprint density at radius 2 is 1.62 bits per heavy atom. The fourth-order valence-corrected chi connectivity index (χ4v) is 3.29. The average Bonchev–Trinajstić information content (AvgIpc) is 3.31. The Hall–Kier alpha value is -2.08. The highest BCUT2D eigenvalue weighted by atomic mass is 14.4. The summed E-state index contributed by atoms with van der Waals surface area (Å²) in [6.45, 7) is 11.8. The molecule has 1 saturated carbocycles. The van der Waals surface area contributed by atoms with Crippen molar-refractivity contribution in [2.75, 3.05) is 0 Å². The smallest absolute Gasteiger partial charge is 0.00993 e. The molecular formula is C21H22. The van der Waals surface area contributed by atoms with Crippen LogP contribution < -0.4 is 10.4 Å². The molecule has 2 aliphatic carbocycles. The van der Waals surface area contributed by atoms with Crippen LogP contribution >= 0.6 is 0 Å². The van der Waals surface area contributed by atoms with Gasteiger partial charge in [-0.2, -0.15) is 0 Å². The van der Waals surface area contributed by atoms with Crippen LogP contribution in [-0.2, 0) is 0 Å². The van der Waals surface area contributed by atoms with Crippen molar-refractivity contribution in [3.05, 3.63) is 59.0 Å². The van der Waals surface area contributed by atoms with Gasteiger partial charge in [-0.15, -0.1) is 0 Å². The van der Waals surface area contributed by atoms with Crippen molar-refractivity contribution in [3.8, 4) is 0 Å². The lowest BCUT2D eigenvalue weighted by Gasteiger charge is -2.09. The quantitative estimate of drug-likeness (QED) is 0.763. The molecule has 2 aromatic carbocycles. The Bertz CT molecular complexity index is 836. The Morgan fingerprint density at radius 3 is 2.33 bits per heavy atom. The largest absolute Gasteiger partial charge is 0.0984 e. The molecule has 0 aliphatic heterocycles. The van der Waals surface area contributed by atoms with Crippen molar-refractivity contribution in [1.82, 2.24) is 0 Å². The summed E-state index contributed by atoms with van der Waals surface area (Å²) in [7, 11) is 0. The van der Waals surface area contributed by atoms with E-state index in [1.165, 1.54) is 33.2 Å². The summed E-state index contributed by atoms with van der Waals surface area (Å²) in [5, 5.41) is 5.44. The fraction of sp³-hybridized carbons (Fsp3) is 0.238. The zero-order chi connectivity index (χ0) is 15.0. The lowest BCUT2D eigenvalue weighted by molar-refractivity contribution is 1.06. The Labute approximate surface area is 126 Å². The summed E-state index contributed by atoms with van der Waals surface area (Å²) in [6.07, 6.45) is 10.1. The Morgan fingerprint density at radius 1 is 0.905 bits per heavy atom. The van der Waals surface area contributed by atoms with Gasteiger partial charge in [0.05, 0.1) is 0 Å². The fourth-order valence-electron chi connectivity index (χ4n) is 3.29. The topological polar surface area (TPSA) is 0 Å². The van der Waals surface area contributed by atoms with Crippen molar-refractivity contribution in [2.45, 2.75) is 20.3 Å². The summed E-state index contributed by atoms with van der Waals surface area (Å²) < 4.78 is 0. The van der Waals surface area contributed by atoms with Gasteiger partial charge in [0, 0.05) is 0 Å². The maximum atomic E-state index is 3.96.